The normalized spacial score (nSPS) is 13.1. The molecular formula is C19H27N. The van der Waals surface area contributed by atoms with Crippen LogP contribution in [0.1, 0.15) is 46.1 Å². The summed E-state index contributed by atoms with van der Waals surface area (Å²) in [4.78, 5) is 0. The molecule has 0 saturated carbocycles. The van der Waals surface area contributed by atoms with E-state index in [1.54, 1.807) is 0 Å². The molecule has 108 valence electrons. The van der Waals surface area contributed by atoms with Crippen molar-refractivity contribution in [2.24, 2.45) is 5.73 Å². The largest absolute Gasteiger partial charge is 0.322 e. The van der Waals surface area contributed by atoms with Crippen LogP contribution in [0.25, 0.3) is 11.1 Å². The van der Waals surface area contributed by atoms with Gasteiger partial charge in [0.05, 0.1) is 0 Å². The van der Waals surface area contributed by atoms with Crippen LogP contribution in [-0.4, -0.2) is 0 Å². The summed E-state index contributed by atoms with van der Waals surface area (Å²) in [5.41, 5.74) is 9.68. The van der Waals surface area contributed by atoms with Gasteiger partial charge in [0.25, 0.3) is 0 Å². The van der Waals surface area contributed by atoms with E-state index in [-0.39, 0.29) is 5.54 Å². The first-order chi connectivity index (χ1) is 9.55. The fourth-order valence-electron chi connectivity index (χ4n) is 1.88. The molecule has 0 amide bonds. The average Bonchev–Trinajstić information content (AvgIpc) is 2.49. The Morgan fingerprint density at radius 3 is 1.70 bits per heavy atom. The number of benzene rings is 2. The zero-order chi connectivity index (χ0) is 15.0. The van der Waals surface area contributed by atoms with Gasteiger partial charge >= 0.3 is 0 Å². The third kappa shape index (κ3) is 4.50. The highest BCUT2D eigenvalue weighted by Gasteiger charge is 2.17. The lowest BCUT2D eigenvalue weighted by Crippen LogP contribution is -2.31. The van der Waals surface area contributed by atoms with Gasteiger partial charge < -0.3 is 5.73 Å². The van der Waals surface area contributed by atoms with Gasteiger partial charge in [0, 0.05) is 5.54 Å². The van der Waals surface area contributed by atoms with E-state index in [0.717, 1.165) is 6.42 Å². The van der Waals surface area contributed by atoms with Crippen molar-refractivity contribution in [1.82, 2.24) is 0 Å². The summed E-state index contributed by atoms with van der Waals surface area (Å²) >= 11 is 0. The second-order valence-corrected chi connectivity index (χ2v) is 5.42. The molecule has 0 heterocycles. The molecule has 0 bridgehead atoms. The lowest BCUT2D eigenvalue weighted by Gasteiger charge is -2.23. The van der Waals surface area contributed by atoms with Crippen molar-refractivity contribution < 1.29 is 0 Å². The smallest absolute Gasteiger partial charge is 0.0378 e. The van der Waals surface area contributed by atoms with Gasteiger partial charge in [-0.25, -0.2) is 0 Å². The van der Waals surface area contributed by atoms with Crippen molar-refractivity contribution in [1.29, 1.82) is 0 Å². The molecule has 1 atom stereocenters. The van der Waals surface area contributed by atoms with Crippen LogP contribution in [0.3, 0.4) is 0 Å². The maximum Gasteiger partial charge on any atom is 0.0378 e. The quantitative estimate of drug-likeness (QED) is 0.798. The van der Waals surface area contributed by atoms with E-state index in [1.165, 1.54) is 23.1 Å². The van der Waals surface area contributed by atoms with Crippen LogP contribution in [0.2, 0.25) is 0 Å². The number of nitrogens with two attached hydrogens (primary N) is 1. The molecule has 0 saturated heterocycles. The predicted molar refractivity (Wildman–Crippen MR) is 89.7 cm³/mol. The van der Waals surface area contributed by atoms with Gasteiger partial charge in [0.1, 0.15) is 0 Å². The van der Waals surface area contributed by atoms with Crippen LogP contribution in [0.4, 0.5) is 0 Å². The van der Waals surface area contributed by atoms with E-state index in [2.05, 4.69) is 76.2 Å². The third-order valence-corrected chi connectivity index (χ3v) is 3.39. The Balaban J connectivity index is 0.000000612. The Kier molecular flexibility index (Phi) is 6.47. The number of rotatable bonds is 3. The highest BCUT2D eigenvalue weighted by atomic mass is 14.7. The fourth-order valence-corrected chi connectivity index (χ4v) is 1.88. The topological polar surface area (TPSA) is 26.0 Å². The monoisotopic (exact) mass is 269 g/mol. The van der Waals surface area contributed by atoms with Crippen molar-refractivity contribution in [3.05, 3.63) is 60.2 Å². The van der Waals surface area contributed by atoms with Gasteiger partial charge in [-0.2, -0.15) is 0 Å². The summed E-state index contributed by atoms with van der Waals surface area (Å²) in [5, 5.41) is 0. The Hall–Kier alpha value is -1.60. The van der Waals surface area contributed by atoms with Gasteiger partial charge in [0.2, 0.25) is 0 Å². The molecule has 0 aliphatic heterocycles. The van der Waals surface area contributed by atoms with Crippen molar-refractivity contribution in [3.8, 4) is 11.1 Å². The summed E-state index contributed by atoms with van der Waals surface area (Å²) in [7, 11) is 0. The van der Waals surface area contributed by atoms with Gasteiger partial charge in [-0.1, -0.05) is 81.8 Å². The maximum absolute atomic E-state index is 6.23. The second-order valence-electron chi connectivity index (χ2n) is 5.42. The molecule has 0 aliphatic carbocycles. The van der Waals surface area contributed by atoms with Crippen LogP contribution in [0.15, 0.2) is 54.6 Å². The molecule has 2 aromatic rings. The van der Waals surface area contributed by atoms with E-state index in [1.807, 2.05) is 6.07 Å². The first-order valence-corrected chi connectivity index (χ1v) is 7.50. The highest BCUT2D eigenvalue weighted by Crippen LogP contribution is 2.25. The summed E-state index contributed by atoms with van der Waals surface area (Å²) in [6.45, 7) is 8.44. The van der Waals surface area contributed by atoms with Crippen LogP contribution < -0.4 is 5.73 Å². The lowest BCUT2D eigenvalue weighted by atomic mass is 9.89. The van der Waals surface area contributed by atoms with Gasteiger partial charge in [-0.05, 0) is 30.0 Å². The van der Waals surface area contributed by atoms with Crippen LogP contribution >= 0.6 is 0 Å². The Morgan fingerprint density at radius 1 is 0.800 bits per heavy atom. The molecule has 1 nitrogen and oxygen atoms in total. The molecule has 0 radical (unpaired) electrons. The molecule has 1 heteroatoms. The highest BCUT2D eigenvalue weighted by molar-refractivity contribution is 5.63. The molecule has 0 aliphatic rings. The first kappa shape index (κ1) is 16.5. The zero-order valence-corrected chi connectivity index (χ0v) is 13.2. The minimum absolute atomic E-state index is 0.227. The zero-order valence-electron chi connectivity index (χ0n) is 13.2. The second kappa shape index (κ2) is 7.86. The van der Waals surface area contributed by atoms with E-state index >= 15 is 0 Å². The summed E-state index contributed by atoms with van der Waals surface area (Å²) in [6.07, 6.45) is 2.19. The third-order valence-electron chi connectivity index (χ3n) is 3.39. The van der Waals surface area contributed by atoms with E-state index in [4.69, 9.17) is 5.73 Å². The predicted octanol–water partition coefficient (Wildman–Crippen LogP) is 5.35. The van der Waals surface area contributed by atoms with Gasteiger partial charge in [-0.15, -0.1) is 0 Å². The fraction of sp³-hybridized carbons (Fsp3) is 0.368. The average molecular weight is 269 g/mol. The van der Waals surface area contributed by atoms with Crippen molar-refractivity contribution in [2.75, 3.05) is 0 Å². The summed E-state index contributed by atoms with van der Waals surface area (Å²) in [6, 6.07) is 18.9. The van der Waals surface area contributed by atoms with Crippen molar-refractivity contribution >= 4 is 0 Å². The minimum atomic E-state index is -0.227. The molecule has 2 aromatic carbocycles. The summed E-state index contributed by atoms with van der Waals surface area (Å²) in [5.74, 6) is 0. The maximum atomic E-state index is 6.23. The number of hydrogen-bond acceptors (Lipinski definition) is 1. The Bertz CT molecular complexity index is 483. The number of hydrogen-bond donors (Lipinski definition) is 1. The van der Waals surface area contributed by atoms with E-state index < -0.39 is 0 Å². The molecule has 20 heavy (non-hydrogen) atoms. The molecule has 0 aromatic heterocycles. The van der Waals surface area contributed by atoms with Crippen LogP contribution in [0.5, 0.6) is 0 Å². The molecule has 2 rings (SSSR count). The lowest BCUT2D eigenvalue weighted by molar-refractivity contribution is 0.476. The van der Waals surface area contributed by atoms with E-state index in [9.17, 15) is 0 Å². The van der Waals surface area contributed by atoms with Gasteiger partial charge in [-0.3, -0.25) is 0 Å². The molecule has 0 fully saturated rings. The molecule has 2 N–H and O–H groups in total. The van der Waals surface area contributed by atoms with Crippen LogP contribution in [0, 0.1) is 0 Å². The Labute approximate surface area is 123 Å². The summed E-state index contributed by atoms with van der Waals surface area (Å²) < 4.78 is 0. The molecular weight excluding hydrogens is 242 g/mol. The molecule has 1 unspecified atom stereocenters. The van der Waals surface area contributed by atoms with Crippen molar-refractivity contribution in [3.63, 3.8) is 0 Å². The van der Waals surface area contributed by atoms with Crippen LogP contribution in [-0.2, 0) is 5.54 Å². The SMILES string of the molecule is CCC.CCC(C)(N)c1ccc(-c2ccccc2)cc1. The molecule has 0 spiro atoms. The standard InChI is InChI=1S/C16H19N.C3H8/c1-3-16(2,17)15-11-9-14(10-12-15)13-7-5-4-6-8-13;1-3-2/h4-12H,3,17H2,1-2H3;3H2,1-2H3. The van der Waals surface area contributed by atoms with Crippen molar-refractivity contribution in [2.45, 2.75) is 46.1 Å². The van der Waals surface area contributed by atoms with E-state index in [0.29, 0.717) is 0 Å². The van der Waals surface area contributed by atoms with Gasteiger partial charge in [0.15, 0.2) is 0 Å². The first-order valence-electron chi connectivity index (χ1n) is 7.50. The minimum Gasteiger partial charge on any atom is -0.322 e. The Morgan fingerprint density at radius 2 is 1.25 bits per heavy atom.